The quantitative estimate of drug-likeness (QED) is 0.298. The molecule has 4 aromatic rings. The molecule has 1 unspecified atom stereocenters. The van der Waals surface area contributed by atoms with Gasteiger partial charge < -0.3 is 24.9 Å². The van der Waals surface area contributed by atoms with Gasteiger partial charge in [-0.05, 0) is 29.5 Å². The van der Waals surface area contributed by atoms with Crippen LogP contribution in [0.2, 0.25) is 0 Å². The molecule has 0 saturated heterocycles. The predicted octanol–water partition coefficient (Wildman–Crippen LogP) is 3.05. The minimum absolute atomic E-state index is 0.0370. The number of aliphatic hydroxyl groups is 1. The molecule has 0 aliphatic rings. The standard InChI is InChI=1S/C24H24N4O5S/c1-2-33-24(31)17-7-5-15(6-8-17)12-32-13-18-14-34-23-19(18)21(29)27-20(28-23)22(30)26-11-16-4-3-9-25-10-16/h3-10,14,24,31H,2,11-13H2,1H3,(H,26,30)(H,27,28,29). The van der Waals surface area contributed by atoms with Gasteiger partial charge in [-0.25, -0.2) is 4.98 Å². The summed E-state index contributed by atoms with van der Waals surface area (Å²) in [6.45, 7) is 3.08. The van der Waals surface area contributed by atoms with Crippen molar-refractivity contribution in [2.45, 2.75) is 33.0 Å². The number of carbonyl (C=O) groups excluding carboxylic acids is 1. The highest BCUT2D eigenvalue weighted by molar-refractivity contribution is 7.16. The lowest BCUT2D eigenvalue weighted by molar-refractivity contribution is -0.0979. The van der Waals surface area contributed by atoms with E-state index >= 15 is 0 Å². The smallest absolute Gasteiger partial charge is 0.287 e. The molecule has 1 amide bonds. The van der Waals surface area contributed by atoms with E-state index in [1.54, 1.807) is 30.6 Å². The van der Waals surface area contributed by atoms with Crippen molar-refractivity contribution in [3.63, 3.8) is 0 Å². The number of nitrogens with zero attached hydrogens (tertiary/aromatic N) is 2. The van der Waals surface area contributed by atoms with E-state index in [1.807, 2.05) is 30.5 Å². The van der Waals surface area contributed by atoms with Crippen LogP contribution in [-0.4, -0.2) is 32.6 Å². The first kappa shape index (κ1) is 23.7. The Morgan fingerprint density at radius 1 is 1.21 bits per heavy atom. The normalized spacial score (nSPS) is 12.1. The molecule has 3 heterocycles. The molecule has 9 nitrogen and oxygen atoms in total. The molecule has 0 aliphatic carbocycles. The Morgan fingerprint density at radius 3 is 2.76 bits per heavy atom. The summed E-state index contributed by atoms with van der Waals surface area (Å²) in [4.78, 5) is 36.5. The van der Waals surface area contributed by atoms with Crippen molar-refractivity contribution in [2.75, 3.05) is 6.61 Å². The summed E-state index contributed by atoms with van der Waals surface area (Å²) in [5.74, 6) is -0.503. The van der Waals surface area contributed by atoms with Crippen LogP contribution < -0.4 is 10.9 Å². The summed E-state index contributed by atoms with van der Waals surface area (Å²) < 4.78 is 11.0. The number of benzene rings is 1. The topological polar surface area (TPSA) is 126 Å². The molecule has 0 fully saturated rings. The minimum atomic E-state index is -0.946. The summed E-state index contributed by atoms with van der Waals surface area (Å²) in [6, 6.07) is 10.9. The van der Waals surface area contributed by atoms with E-state index in [-0.39, 0.29) is 24.5 Å². The monoisotopic (exact) mass is 480 g/mol. The fourth-order valence-corrected chi connectivity index (χ4v) is 4.23. The Morgan fingerprint density at radius 2 is 2.03 bits per heavy atom. The number of hydrogen-bond acceptors (Lipinski definition) is 8. The van der Waals surface area contributed by atoms with Gasteiger partial charge in [0, 0.05) is 36.7 Å². The minimum Gasteiger partial charge on any atom is -0.372 e. The number of fused-ring (bicyclic) bond motifs is 1. The Balaban J connectivity index is 1.37. The van der Waals surface area contributed by atoms with Crippen LogP contribution in [0.25, 0.3) is 10.2 Å². The fraction of sp³-hybridized carbons (Fsp3) is 0.250. The third-order valence-electron chi connectivity index (χ3n) is 5.03. The zero-order valence-corrected chi connectivity index (χ0v) is 19.3. The van der Waals surface area contributed by atoms with Gasteiger partial charge in [-0.3, -0.25) is 14.6 Å². The number of H-pyrrole nitrogens is 1. The van der Waals surface area contributed by atoms with Gasteiger partial charge in [-0.1, -0.05) is 30.3 Å². The molecular formula is C24H24N4O5S. The average molecular weight is 481 g/mol. The molecule has 3 N–H and O–H groups in total. The maximum Gasteiger partial charge on any atom is 0.287 e. The average Bonchev–Trinajstić information content (AvgIpc) is 3.27. The van der Waals surface area contributed by atoms with Crippen LogP contribution in [0.4, 0.5) is 0 Å². The first-order chi connectivity index (χ1) is 16.5. The highest BCUT2D eigenvalue weighted by Gasteiger charge is 2.15. The number of aromatic nitrogens is 3. The van der Waals surface area contributed by atoms with Crippen LogP contribution in [0.3, 0.4) is 0 Å². The summed E-state index contributed by atoms with van der Waals surface area (Å²) in [7, 11) is 0. The van der Waals surface area contributed by atoms with E-state index in [9.17, 15) is 14.7 Å². The molecule has 4 rings (SSSR count). The van der Waals surface area contributed by atoms with E-state index in [0.29, 0.717) is 34.6 Å². The van der Waals surface area contributed by atoms with Gasteiger partial charge in [-0.15, -0.1) is 11.3 Å². The van der Waals surface area contributed by atoms with Crippen LogP contribution in [-0.2, 0) is 29.2 Å². The van der Waals surface area contributed by atoms with Gasteiger partial charge in [-0.2, -0.15) is 0 Å². The van der Waals surface area contributed by atoms with Gasteiger partial charge >= 0.3 is 0 Å². The Kier molecular flexibility index (Phi) is 7.76. The van der Waals surface area contributed by atoms with Gasteiger partial charge in [0.15, 0.2) is 6.29 Å². The van der Waals surface area contributed by atoms with Crippen molar-refractivity contribution in [1.82, 2.24) is 20.3 Å². The molecule has 0 bridgehead atoms. The maximum atomic E-state index is 12.7. The maximum absolute atomic E-state index is 12.7. The molecule has 0 saturated carbocycles. The van der Waals surface area contributed by atoms with Crippen LogP contribution in [0, 0.1) is 0 Å². The number of ether oxygens (including phenoxy) is 2. The third-order valence-corrected chi connectivity index (χ3v) is 5.95. The number of thiophene rings is 1. The van der Waals surface area contributed by atoms with Crippen molar-refractivity contribution in [2.24, 2.45) is 0 Å². The number of nitrogens with one attached hydrogen (secondary N) is 2. The van der Waals surface area contributed by atoms with Crippen LogP contribution in [0.5, 0.6) is 0 Å². The van der Waals surface area contributed by atoms with Crippen LogP contribution >= 0.6 is 11.3 Å². The number of pyridine rings is 1. The Labute approximate surface area is 199 Å². The summed E-state index contributed by atoms with van der Waals surface area (Å²) in [5, 5.41) is 14.8. The second kappa shape index (κ2) is 11.1. The number of rotatable bonds is 10. The number of amides is 1. The number of aliphatic hydroxyl groups excluding tert-OH is 1. The van der Waals surface area contributed by atoms with Crippen molar-refractivity contribution in [3.8, 4) is 0 Å². The molecule has 34 heavy (non-hydrogen) atoms. The number of carbonyl (C=O) groups is 1. The molecular weight excluding hydrogens is 456 g/mol. The molecule has 0 aliphatic heterocycles. The molecule has 0 spiro atoms. The number of aromatic amines is 1. The molecule has 10 heteroatoms. The zero-order chi connectivity index (χ0) is 23.9. The van der Waals surface area contributed by atoms with E-state index < -0.39 is 12.2 Å². The second-order valence-corrected chi connectivity index (χ2v) is 8.30. The number of hydrogen-bond donors (Lipinski definition) is 3. The predicted molar refractivity (Wildman–Crippen MR) is 127 cm³/mol. The van der Waals surface area contributed by atoms with Crippen molar-refractivity contribution < 1.29 is 19.4 Å². The first-order valence-electron chi connectivity index (χ1n) is 10.7. The highest BCUT2D eigenvalue weighted by Crippen LogP contribution is 2.22. The van der Waals surface area contributed by atoms with E-state index in [1.165, 1.54) is 11.3 Å². The van der Waals surface area contributed by atoms with Crippen molar-refractivity contribution in [1.29, 1.82) is 0 Å². The van der Waals surface area contributed by atoms with Gasteiger partial charge in [0.25, 0.3) is 11.5 Å². The van der Waals surface area contributed by atoms with E-state index in [0.717, 1.165) is 11.1 Å². The SMILES string of the molecule is CCOC(O)c1ccc(COCc2csc3nc(C(=O)NCc4cccnc4)[nH]c(=O)c23)cc1. The van der Waals surface area contributed by atoms with Crippen LogP contribution in [0.15, 0.2) is 59.0 Å². The first-order valence-corrected chi connectivity index (χ1v) is 11.6. The fourth-order valence-electron chi connectivity index (χ4n) is 3.30. The molecule has 3 aromatic heterocycles. The van der Waals surface area contributed by atoms with Crippen LogP contribution in [0.1, 0.15) is 46.1 Å². The lowest BCUT2D eigenvalue weighted by Crippen LogP contribution is -2.27. The lowest BCUT2D eigenvalue weighted by Gasteiger charge is -2.11. The lowest BCUT2D eigenvalue weighted by atomic mass is 10.1. The van der Waals surface area contributed by atoms with Gasteiger partial charge in [0.1, 0.15) is 4.83 Å². The third kappa shape index (κ3) is 5.72. The van der Waals surface area contributed by atoms with Crippen molar-refractivity contribution in [3.05, 3.63) is 92.6 Å². The van der Waals surface area contributed by atoms with E-state index in [4.69, 9.17) is 9.47 Å². The molecule has 1 aromatic carbocycles. The Bertz CT molecular complexity index is 1300. The molecule has 0 radical (unpaired) electrons. The molecule has 176 valence electrons. The zero-order valence-electron chi connectivity index (χ0n) is 18.5. The van der Waals surface area contributed by atoms with Crippen molar-refractivity contribution >= 4 is 27.5 Å². The summed E-state index contributed by atoms with van der Waals surface area (Å²) in [5.41, 5.74) is 2.76. The summed E-state index contributed by atoms with van der Waals surface area (Å²) >= 11 is 1.29. The van der Waals surface area contributed by atoms with Gasteiger partial charge in [0.05, 0.1) is 18.6 Å². The molecule has 1 atom stereocenters. The van der Waals surface area contributed by atoms with Gasteiger partial charge in [0.2, 0.25) is 5.82 Å². The largest absolute Gasteiger partial charge is 0.372 e. The van der Waals surface area contributed by atoms with E-state index in [2.05, 4.69) is 20.3 Å². The highest BCUT2D eigenvalue weighted by atomic mass is 32.1. The second-order valence-electron chi connectivity index (χ2n) is 7.44. The summed E-state index contributed by atoms with van der Waals surface area (Å²) in [6.07, 6.45) is 2.36. The Hall–Kier alpha value is -3.44.